The molecule has 0 aliphatic rings. The number of carboxylic acids is 1. The van der Waals surface area contributed by atoms with Crippen molar-refractivity contribution >= 4 is 17.9 Å². The second kappa shape index (κ2) is 11.1. The number of carboxylic acid groups (broad SMARTS) is 1. The third kappa shape index (κ3) is 15.9. The number of nitrogens with zero attached hydrogens (tertiary/aromatic N) is 2. The van der Waals surface area contributed by atoms with Crippen LogP contribution in [0.15, 0.2) is 12.2 Å². The predicted molar refractivity (Wildman–Crippen MR) is 72.6 cm³/mol. The molecule has 3 N–H and O–H groups in total. The second-order valence-corrected chi connectivity index (χ2v) is 4.15. The van der Waals surface area contributed by atoms with Crippen LogP contribution >= 0.6 is 0 Å². The molecule has 110 valence electrons. The zero-order valence-corrected chi connectivity index (χ0v) is 11.9. The average molecular weight is 273 g/mol. The molecule has 0 aromatic heterocycles. The van der Waals surface area contributed by atoms with Crippen LogP contribution < -0.4 is 5.73 Å². The highest BCUT2D eigenvalue weighted by Gasteiger charge is 1.97. The number of allylic oxidation sites excluding steroid dienone is 1. The fourth-order valence-electron chi connectivity index (χ4n) is 0.704. The number of hydrogen-bond donors (Lipinski definition) is 2. The lowest BCUT2D eigenvalue weighted by Gasteiger charge is -2.04. The maximum Gasteiger partial charge on any atom is 0.314 e. The van der Waals surface area contributed by atoms with Crippen molar-refractivity contribution in [2.24, 2.45) is 5.73 Å². The molecule has 0 saturated carbocycles. The molecular formula is C12H23N3O4. The molecule has 0 saturated heterocycles. The summed E-state index contributed by atoms with van der Waals surface area (Å²) in [6.45, 7) is 0. The molecule has 0 aromatic carbocycles. The number of carbonyl (C=O) groups is 3. The van der Waals surface area contributed by atoms with E-state index in [1.54, 1.807) is 34.3 Å². The summed E-state index contributed by atoms with van der Waals surface area (Å²) in [5, 5.41) is 8.31. The summed E-state index contributed by atoms with van der Waals surface area (Å²) in [6, 6.07) is -0.407. The number of primary amides is 1. The molecule has 7 nitrogen and oxygen atoms in total. The molecule has 7 heteroatoms. The number of likely N-dealkylation sites (N-methyl/N-ethyl adjacent to an activating group) is 1. The van der Waals surface area contributed by atoms with Gasteiger partial charge in [-0.2, -0.15) is 0 Å². The molecule has 0 bridgehead atoms. The highest BCUT2D eigenvalue weighted by atomic mass is 16.4. The summed E-state index contributed by atoms with van der Waals surface area (Å²) in [7, 11) is 6.54. The standard InChI is InChI=1S/C9H15NO3.C3H8N2O/c1-10(2)8(11)6-4-3-5-7-9(12)13;1-5(2)3(4)6/h4,6H,3,5,7H2,1-2H3,(H,12,13);1-2H3,(H2,4,6)/b6-4+;. The molecule has 0 heterocycles. The maximum atomic E-state index is 11.0. The van der Waals surface area contributed by atoms with Gasteiger partial charge < -0.3 is 20.6 Å². The van der Waals surface area contributed by atoms with E-state index in [4.69, 9.17) is 10.8 Å². The van der Waals surface area contributed by atoms with E-state index in [2.05, 4.69) is 0 Å². The van der Waals surface area contributed by atoms with Gasteiger partial charge >= 0.3 is 12.0 Å². The summed E-state index contributed by atoms with van der Waals surface area (Å²) in [5.74, 6) is -0.873. The minimum absolute atomic E-state index is 0.0738. The Kier molecular flexibility index (Phi) is 11.2. The molecule has 0 aromatic rings. The number of rotatable bonds is 5. The van der Waals surface area contributed by atoms with Crippen LogP contribution in [0, 0.1) is 0 Å². The van der Waals surface area contributed by atoms with Gasteiger partial charge in [0, 0.05) is 34.6 Å². The number of hydrogen-bond acceptors (Lipinski definition) is 3. The zero-order chi connectivity index (χ0) is 15.4. The van der Waals surface area contributed by atoms with Crippen LogP contribution in [0.25, 0.3) is 0 Å². The quantitative estimate of drug-likeness (QED) is 0.562. The van der Waals surface area contributed by atoms with Gasteiger partial charge in [0.2, 0.25) is 5.91 Å². The minimum atomic E-state index is -0.799. The third-order valence-electron chi connectivity index (χ3n) is 1.90. The van der Waals surface area contributed by atoms with Crippen molar-refractivity contribution < 1.29 is 19.5 Å². The van der Waals surface area contributed by atoms with Gasteiger partial charge in [-0.1, -0.05) is 6.08 Å². The Morgan fingerprint density at radius 2 is 1.58 bits per heavy atom. The zero-order valence-electron chi connectivity index (χ0n) is 11.9. The van der Waals surface area contributed by atoms with E-state index >= 15 is 0 Å². The molecule has 0 aliphatic carbocycles. The van der Waals surface area contributed by atoms with Crippen LogP contribution in [0.5, 0.6) is 0 Å². The first-order valence-electron chi connectivity index (χ1n) is 5.74. The topological polar surface area (TPSA) is 104 Å². The molecule has 0 radical (unpaired) electrons. The first kappa shape index (κ1) is 19.3. The average Bonchev–Trinajstić information content (AvgIpc) is 2.28. The molecule has 3 amide bonds. The van der Waals surface area contributed by atoms with Crippen molar-refractivity contribution in [1.82, 2.24) is 9.80 Å². The van der Waals surface area contributed by atoms with Gasteiger partial charge in [0.05, 0.1) is 0 Å². The van der Waals surface area contributed by atoms with Crippen molar-refractivity contribution in [3.05, 3.63) is 12.2 Å². The number of amides is 3. The molecule has 0 spiro atoms. The Bertz CT molecular complexity index is 325. The van der Waals surface area contributed by atoms with Gasteiger partial charge in [-0.3, -0.25) is 9.59 Å². The van der Waals surface area contributed by atoms with Gasteiger partial charge in [0.15, 0.2) is 0 Å². The van der Waals surface area contributed by atoms with E-state index in [1.807, 2.05) is 0 Å². The number of unbranched alkanes of at least 4 members (excludes halogenated alkanes) is 1. The first-order chi connectivity index (χ1) is 8.68. The highest BCUT2D eigenvalue weighted by Crippen LogP contribution is 1.96. The van der Waals surface area contributed by atoms with Gasteiger partial charge in [-0.25, -0.2) is 4.79 Å². The van der Waals surface area contributed by atoms with E-state index in [0.29, 0.717) is 12.8 Å². The fraction of sp³-hybridized carbons (Fsp3) is 0.583. The Balaban J connectivity index is 0. The lowest BCUT2D eigenvalue weighted by atomic mass is 10.2. The van der Waals surface area contributed by atoms with Crippen LogP contribution in [-0.4, -0.2) is 61.0 Å². The van der Waals surface area contributed by atoms with Crippen LogP contribution in [0.3, 0.4) is 0 Å². The van der Waals surface area contributed by atoms with Crippen LogP contribution in [0.1, 0.15) is 19.3 Å². The largest absolute Gasteiger partial charge is 0.481 e. The van der Waals surface area contributed by atoms with Gasteiger partial charge in [-0.05, 0) is 18.9 Å². The second-order valence-electron chi connectivity index (χ2n) is 4.15. The molecule has 0 aliphatic heterocycles. The van der Waals surface area contributed by atoms with Crippen molar-refractivity contribution in [1.29, 1.82) is 0 Å². The molecule has 0 fully saturated rings. The summed E-state index contributed by atoms with van der Waals surface area (Å²) >= 11 is 0. The maximum absolute atomic E-state index is 11.0. The Morgan fingerprint density at radius 3 is 1.89 bits per heavy atom. The van der Waals surface area contributed by atoms with Crippen LogP contribution in [0.2, 0.25) is 0 Å². The summed E-state index contributed by atoms with van der Waals surface area (Å²) in [4.78, 5) is 33.7. The van der Waals surface area contributed by atoms with Gasteiger partial charge in [-0.15, -0.1) is 0 Å². The van der Waals surface area contributed by atoms with Crippen molar-refractivity contribution in [3.8, 4) is 0 Å². The number of carbonyl (C=O) groups excluding carboxylic acids is 2. The Labute approximate surface area is 113 Å². The summed E-state index contributed by atoms with van der Waals surface area (Å²) < 4.78 is 0. The normalized spacial score (nSPS) is 9.47. The third-order valence-corrected chi connectivity index (χ3v) is 1.90. The van der Waals surface area contributed by atoms with E-state index in [-0.39, 0.29) is 12.3 Å². The molecule has 0 unspecified atom stereocenters. The molecule has 0 rings (SSSR count). The molecular weight excluding hydrogens is 250 g/mol. The SMILES string of the molecule is CN(C)C(=O)/C=C/CCCC(=O)O.CN(C)C(N)=O. The fourth-order valence-corrected chi connectivity index (χ4v) is 0.704. The summed E-state index contributed by atoms with van der Waals surface area (Å²) in [5.41, 5.74) is 4.72. The van der Waals surface area contributed by atoms with E-state index < -0.39 is 12.0 Å². The minimum Gasteiger partial charge on any atom is -0.481 e. The molecule has 0 atom stereocenters. The van der Waals surface area contributed by atoms with Gasteiger partial charge in [0.1, 0.15) is 0 Å². The van der Waals surface area contributed by atoms with Crippen LogP contribution in [0.4, 0.5) is 4.79 Å². The number of aliphatic carboxylic acids is 1. The van der Waals surface area contributed by atoms with E-state index in [0.717, 1.165) is 0 Å². The first-order valence-corrected chi connectivity index (χ1v) is 5.74. The van der Waals surface area contributed by atoms with Crippen molar-refractivity contribution in [2.75, 3.05) is 28.2 Å². The smallest absolute Gasteiger partial charge is 0.314 e. The predicted octanol–water partition coefficient (Wildman–Crippen LogP) is 0.512. The molecule has 19 heavy (non-hydrogen) atoms. The van der Waals surface area contributed by atoms with E-state index in [1.165, 1.54) is 15.9 Å². The lowest BCUT2D eigenvalue weighted by Crippen LogP contribution is -2.27. The van der Waals surface area contributed by atoms with E-state index in [9.17, 15) is 14.4 Å². The van der Waals surface area contributed by atoms with Crippen molar-refractivity contribution in [3.63, 3.8) is 0 Å². The Morgan fingerprint density at radius 1 is 1.11 bits per heavy atom. The summed E-state index contributed by atoms with van der Waals surface area (Å²) in [6.07, 6.45) is 4.52. The van der Waals surface area contributed by atoms with Gasteiger partial charge in [0.25, 0.3) is 0 Å². The number of nitrogens with two attached hydrogens (primary N) is 1. The van der Waals surface area contributed by atoms with Crippen molar-refractivity contribution in [2.45, 2.75) is 19.3 Å². The lowest BCUT2D eigenvalue weighted by molar-refractivity contribution is -0.137. The number of urea groups is 1. The monoisotopic (exact) mass is 273 g/mol. The highest BCUT2D eigenvalue weighted by molar-refractivity contribution is 5.87. The van der Waals surface area contributed by atoms with Crippen LogP contribution in [-0.2, 0) is 9.59 Å². The Hall–Kier alpha value is -2.05.